The molecule has 0 aromatic heterocycles. The Morgan fingerprint density at radius 2 is 1.82 bits per heavy atom. The molecule has 2 aromatic carbocycles. The zero-order valence-electron chi connectivity index (χ0n) is 21.7. The van der Waals surface area contributed by atoms with Gasteiger partial charge in [0.1, 0.15) is 29.7 Å². The van der Waals surface area contributed by atoms with E-state index in [0.717, 1.165) is 17.0 Å². The van der Waals surface area contributed by atoms with Gasteiger partial charge in [-0.2, -0.15) is 13.2 Å². The average Bonchev–Trinajstić information content (AvgIpc) is 2.83. The summed E-state index contributed by atoms with van der Waals surface area (Å²) in [4.78, 5) is 15.2. The van der Waals surface area contributed by atoms with Crippen LogP contribution in [-0.2, 0) is 4.79 Å². The number of alkyl halides is 3. The molecule has 0 radical (unpaired) electrons. The fourth-order valence-electron chi connectivity index (χ4n) is 3.81. The molecule has 9 nitrogen and oxygen atoms in total. The van der Waals surface area contributed by atoms with Gasteiger partial charge in [-0.1, -0.05) is 13.8 Å². The first-order valence-electron chi connectivity index (χ1n) is 11.9. The molecular weight excluding hydrogens is 508 g/mol. The summed E-state index contributed by atoms with van der Waals surface area (Å²) in [7, 11) is 1.76. The second kappa shape index (κ2) is 12.8. The SMILES string of the molecule is CCN(CCNC)c1ccc(N(C(=N)c2cc(C(C)C)c(O)cc2O)C(N)C(=O)NCC(F)(F)F)cc1F. The van der Waals surface area contributed by atoms with Crippen LogP contribution >= 0.6 is 0 Å². The van der Waals surface area contributed by atoms with Crippen molar-refractivity contribution in [3.05, 3.63) is 47.3 Å². The predicted molar refractivity (Wildman–Crippen MR) is 138 cm³/mol. The lowest BCUT2D eigenvalue weighted by Gasteiger charge is -2.32. The molecule has 0 fully saturated rings. The zero-order valence-corrected chi connectivity index (χ0v) is 21.7. The van der Waals surface area contributed by atoms with Gasteiger partial charge in [0.25, 0.3) is 5.91 Å². The van der Waals surface area contributed by atoms with Crippen molar-refractivity contribution in [2.45, 2.75) is 39.0 Å². The van der Waals surface area contributed by atoms with Crippen molar-refractivity contribution < 1.29 is 32.6 Å². The number of rotatable bonds is 11. The molecule has 0 saturated heterocycles. The van der Waals surface area contributed by atoms with Crippen molar-refractivity contribution in [2.75, 3.05) is 43.0 Å². The molecule has 7 N–H and O–H groups in total. The maximum absolute atomic E-state index is 15.3. The van der Waals surface area contributed by atoms with Crippen molar-refractivity contribution in [3.8, 4) is 11.5 Å². The van der Waals surface area contributed by atoms with Gasteiger partial charge in [-0.15, -0.1) is 0 Å². The highest BCUT2D eigenvalue weighted by Crippen LogP contribution is 2.34. The highest BCUT2D eigenvalue weighted by atomic mass is 19.4. The van der Waals surface area contributed by atoms with Crippen molar-refractivity contribution in [1.29, 1.82) is 5.41 Å². The Morgan fingerprint density at radius 3 is 2.34 bits per heavy atom. The number of nitrogens with one attached hydrogen (secondary N) is 3. The van der Waals surface area contributed by atoms with Crippen LogP contribution in [0.2, 0.25) is 0 Å². The topological polar surface area (TPSA) is 138 Å². The summed E-state index contributed by atoms with van der Waals surface area (Å²) in [6.45, 7) is 5.25. The zero-order chi connectivity index (χ0) is 28.8. The molecule has 0 saturated carbocycles. The summed E-state index contributed by atoms with van der Waals surface area (Å²) in [5, 5.41) is 34.0. The highest BCUT2D eigenvalue weighted by molar-refractivity contribution is 6.12. The van der Waals surface area contributed by atoms with Gasteiger partial charge >= 0.3 is 6.18 Å². The minimum Gasteiger partial charge on any atom is -0.508 e. The maximum atomic E-state index is 15.3. The van der Waals surface area contributed by atoms with Crippen molar-refractivity contribution in [3.63, 3.8) is 0 Å². The second-order valence-corrected chi connectivity index (χ2v) is 8.90. The molecular formula is C25H34F4N6O3. The summed E-state index contributed by atoms with van der Waals surface area (Å²) in [6.07, 6.45) is -6.60. The Labute approximate surface area is 218 Å². The first-order valence-corrected chi connectivity index (χ1v) is 11.9. The number of likely N-dealkylation sites (N-methyl/N-ethyl adjacent to an activating group) is 2. The van der Waals surface area contributed by atoms with Crippen LogP contribution in [0.4, 0.5) is 28.9 Å². The normalized spacial score (nSPS) is 12.4. The van der Waals surface area contributed by atoms with E-state index >= 15 is 4.39 Å². The molecule has 210 valence electrons. The fourth-order valence-corrected chi connectivity index (χ4v) is 3.81. The molecule has 0 aliphatic rings. The van der Waals surface area contributed by atoms with Crippen molar-refractivity contribution in [2.24, 2.45) is 5.73 Å². The smallest absolute Gasteiger partial charge is 0.405 e. The van der Waals surface area contributed by atoms with Crippen LogP contribution in [0.5, 0.6) is 11.5 Å². The maximum Gasteiger partial charge on any atom is 0.405 e. The van der Waals surface area contributed by atoms with Gasteiger partial charge in [0.15, 0.2) is 6.17 Å². The number of halogens is 4. The summed E-state index contributed by atoms with van der Waals surface area (Å²) < 4.78 is 53.4. The van der Waals surface area contributed by atoms with E-state index in [4.69, 9.17) is 11.1 Å². The van der Waals surface area contributed by atoms with E-state index in [2.05, 4.69) is 5.32 Å². The number of carbonyl (C=O) groups excluding carboxylic acids is 1. The van der Waals surface area contributed by atoms with E-state index in [1.54, 1.807) is 31.1 Å². The summed E-state index contributed by atoms with van der Waals surface area (Å²) in [5.41, 5.74) is 6.34. The molecule has 0 aliphatic carbocycles. The number of benzene rings is 2. The van der Waals surface area contributed by atoms with Gasteiger partial charge in [-0.05, 0) is 49.7 Å². The number of hydrogen-bond acceptors (Lipinski definition) is 7. The van der Waals surface area contributed by atoms with Crippen LogP contribution in [0, 0.1) is 11.2 Å². The number of anilines is 2. The van der Waals surface area contributed by atoms with Crippen LogP contribution in [0.3, 0.4) is 0 Å². The van der Waals surface area contributed by atoms with E-state index in [1.165, 1.54) is 18.2 Å². The number of aromatic hydroxyl groups is 2. The minimum atomic E-state index is -4.71. The molecule has 38 heavy (non-hydrogen) atoms. The number of amidine groups is 1. The van der Waals surface area contributed by atoms with E-state index in [0.29, 0.717) is 25.2 Å². The number of nitrogens with two attached hydrogens (primary N) is 1. The van der Waals surface area contributed by atoms with E-state index in [1.807, 2.05) is 6.92 Å². The van der Waals surface area contributed by atoms with Gasteiger partial charge < -0.3 is 36.4 Å². The Balaban J connectivity index is 2.59. The van der Waals surface area contributed by atoms with Gasteiger partial charge in [0.05, 0.1) is 11.3 Å². The first-order chi connectivity index (χ1) is 17.7. The van der Waals surface area contributed by atoms with Gasteiger partial charge in [-0.3, -0.25) is 10.2 Å². The lowest BCUT2D eigenvalue weighted by Crippen LogP contribution is -2.56. The lowest BCUT2D eigenvalue weighted by molar-refractivity contribution is -0.139. The Morgan fingerprint density at radius 1 is 1.16 bits per heavy atom. The predicted octanol–water partition coefficient (Wildman–Crippen LogP) is 3.20. The summed E-state index contributed by atoms with van der Waals surface area (Å²) >= 11 is 0. The molecule has 0 spiro atoms. The van der Waals surface area contributed by atoms with Crippen molar-refractivity contribution in [1.82, 2.24) is 10.6 Å². The largest absolute Gasteiger partial charge is 0.508 e. The fraction of sp³-hybridized carbons (Fsp3) is 0.440. The number of amides is 1. The van der Waals surface area contributed by atoms with Crippen LogP contribution in [-0.4, -0.2) is 67.5 Å². The molecule has 2 rings (SSSR count). The highest BCUT2D eigenvalue weighted by Gasteiger charge is 2.33. The van der Waals surface area contributed by atoms with E-state index in [-0.39, 0.29) is 28.6 Å². The average molecular weight is 543 g/mol. The monoisotopic (exact) mass is 542 g/mol. The number of hydrogen-bond donors (Lipinski definition) is 6. The van der Waals surface area contributed by atoms with E-state index < -0.39 is 42.2 Å². The Hall–Kier alpha value is -3.58. The van der Waals surface area contributed by atoms with Crippen LogP contribution < -0.4 is 26.2 Å². The third kappa shape index (κ3) is 7.48. The van der Waals surface area contributed by atoms with Gasteiger partial charge in [0.2, 0.25) is 0 Å². The van der Waals surface area contributed by atoms with Gasteiger partial charge in [0, 0.05) is 31.4 Å². The summed E-state index contributed by atoms with van der Waals surface area (Å²) in [6, 6.07) is 6.14. The quantitative estimate of drug-likeness (QED) is 0.111. The van der Waals surface area contributed by atoms with Crippen LogP contribution in [0.15, 0.2) is 30.3 Å². The molecule has 2 aromatic rings. The number of carbonyl (C=O) groups is 1. The molecule has 1 unspecified atom stereocenters. The Kier molecular flexibility index (Phi) is 10.3. The molecule has 1 amide bonds. The molecule has 0 bridgehead atoms. The lowest BCUT2D eigenvalue weighted by atomic mass is 9.98. The molecule has 13 heteroatoms. The number of phenolic OH excluding ortho intramolecular Hbond substituents is 2. The van der Waals surface area contributed by atoms with Crippen molar-refractivity contribution >= 4 is 23.1 Å². The summed E-state index contributed by atoms with van der Waals surface area (Å²) in [5.74, 6) is -3.57. The molecule has 0 aliphatic heterocycles. The first kappa shape index (κ1) is 30.6. The van der Waals surface area contributed by atoms with Crippen LogP contribution in [0.1, 0.15) is 37.8 Å². The van der Waals surface area contributed by atoms with Crippen LogP contribution in [0.25, 0.3) is 0 Å². The minimum absolute atomic E-state index is 0.103. The van der Waals surface area contributed by atoms with Gasteiger partial charge in [-0.25, -0.2) is 4.39 Å². The third-order valence-electron chi connectivity index (χ3n) is 5.84. The number of nitrogens with zero attached hydrogens (tertiary/aromatic N) is 2. The molecule has 0 heterocycles. The second-order valence-electron chi connectivity index (χ2n) is 8.90. The molecule has 1 atom stereocenters. The number of phenols is 2. The Bertz CT molecular complexity index is 1140. The standard InChI is InChI=1S/C25H34F4N6O3/c1-5-34(9-8-32-4)19-7-6-15(10-18(19)26)35(23(31)24(38)33-13-25(27,28)29)22(30)17-11-16(14(2)3)20(36)12-21(17)37/h6-7,10-12,14,23,30,32,36-37H,5,8-9,13,31H2,1-4H3,(H,33,38). The van der Waals surface area contributed by atoms with E-state index in [9.17, 15) is 28.2 Å². The third-order valence-corrected chi connectivity index (χ3v) is 5.84.